The molecule has 6 heteroatoms. The van der Waals surface area contributed by atoms with Gasteiger partial charge in [0.1, 0.15) is 5.82 Å². The molecule has 144 valence electrons. The van der Waals surface area contributed by atoms with Crippen LogP contribution in [0.4, 0.5) is 4.39 Å². The topological polar surface area (TPSA) is 59.0 Å². The van der Waals surface area contributed by atoms with E-state index in [2.05, 4.69) is 15.7 Å². The summed E-state index contributed by atoms with van der Waals surface area (Å²) in [5, 5.41) is 10.8. The smallest absolute Gasteiger partial charge is 0.234 e. The highest BCUT2D eigenvalue weighted by molar-refractivity contribution is 5.78. The van der Waals surface area contributed by atoms with Crippen LogP contribution in [0.15, 0.2) is 60.8 Å². The first kappa shape index (κ1) is 18.4. The van der Waals surface area contributed by atoms with E-state index >= 15 is 0 Å². The van der Waals surface area contributed by atoms with Crippen molar-refractivity contribution in [2.24, 2.45) is 5.92 Å². The maximum atomic E-state index is 13.3. The van der Waals surface area contributed by atoms with E-state index in [4.69, 9.17) is 0 Å². The molecule has 1 heterocycles. The number of aromatic nitrogens is 2. The van der Waals surface area contributed by atoms with Gasteiger partial charge in [0.2, 0.25) is 5.91 Å². The van der Waals surface area contributed by atoms with Crippen molar-refractivity contribution in [1.29, 1.82) is 0 Å². The van der Waals surface area contributed by atoms with Crippen LogP contribution in [0.2, 0.25) is 0 Å². The SMILES string of the molecule is O=C(CNCC1CC1)NCc1cn(-c2ccccc2)nc1-c1ccc(F)cc1. The van der Waals surface area contributed by atoms with Crippen LogP contribution in [0.3, 0.4) is 0 Å². The quantitative estimate of drug-likeness (QED) is 0.632. The molecule has 5 nitrogen and oxygen atoms in total. The second-order valence-electron chi connectivity index (χ2n) is 7.14. The van der Waals surface area contributed by atoms with Crippen molar-refractivity contribution in [2.75, 3.05) is 13.1 Å². The number of nitrogens with zero attached hydrogens (tertiary/aromatic N) is 2. The van der Waals surface area contributed by atoms with Gasteiger partial charge < -0.3 is 10.6 Å². The van der Waals surface area contributed by atoms with E-state index in [1.165, 1.54) is 25.0 Å². The van der Waals surface area contributed by atoms with Gasteiger partial charge in [0, 0.05) is 23.9 Å². The van der Waals surface area contributed by atoms with Crippen LogP contribution in [-0.4, -0.2) is 28.8 Å². The number of benzene rings is 2. The van der Waals surface area contributed by atoms with Crippen LogP contribution >= 0.6 is 0 Å². The number of rotatable bonds is 8. The molecule has 0 saturated heterocycles. The number of carbonyl (C=O) groups is 1. The Kier molecular flexibility index (Phi) is 5.48. The molecule has 2 aromatic carbocycles. The van der Waals surface area contributed by atoms with Gasteiger partial charge in [0.15, 0.2) is 0 Å². The van der Waals surface area contributed by atoms with Crippen LogP contribution in [-0.2, 0) is 11.3 Å². The molecular weight excluding hydrogens is 355 g/mol. The van der Waals surface area contributed by atoms with E-state index in [1.807, 2.05) is 36.5 Å². The lowest BCUT2D eigenvalue weighted by Crippen LogP contribution is -2.34. The first-order valence-corrected chi connectivity index (χ1v) is 9.56. The lowest BCUT2D eigenvalue weighted by molar-refractivity contribution is -0.120. The zero-order chi connectivity index (χ0) is 19.3. The first-order valence-electron chi connectivity index (χ1n) is 9.56. The van der Waals surface area contributed by atoms with Crippen molar-refractivity contribution < 1.29 is 9.18 Å². The summed E-state index contributed by atoms with van der Waals surface area (Å²) in [6, 6.07) is 16.0. The van der Waals surface area contributed by atoms with E-state index < -0.39 is 0 Å². The zero-order valence-electron chi connectivity index (χ0n) is 15.6. The Morgan fingerprint density at radius 1 is 1.11 bits per heavy atom. The van der Waals surface area contributed by atoms with Gasteiger partial charge in [0.05, 0.1) is 17.9 Å². The Hall–Kier alpha value is -2.99. The molecule has 1 aliphatic rings. The maximum Gasteiger partial charge on any atom is 0.234 e. The molecule has 0 radical (unpaired) electrons. The molecule has 0 aliphatic heterocycles. The van der Waals surface area contributed by atoms with Gasteiger partial charge in [-0.2, -0.15) is 5.10 Å². The van der Waals surface area contributed by atoms with Gasteiger partial charge in [-0.3, -0.25) is 4.79 Å². The van der Waals surface area contributed by atoms with E-state index in [-0.39, 0.29) is 11.7 Å². The fraction of sp³-hybridized carbons (Fsp3) is 0.273. The third-order valence-corrected chi connectivity index (χ3v) is 4.82. The number of amides is 1. The Morgan fingerprint density at radius 2 is 1.86 bits per heavy atom. The molecule has 1 fully saturated rings. The van der Waals surface area contributed by atoms with Crippen molar-refractivity contribution in [3.8, 4) is 16.9 Å². The molecule has 3 aromatic rings. The Labute approximate surface area is 163 Å². The normalized spacial score (nSPS) is 13.5. The number of hydrogen-bond donors (Lipinski definition) is 2. The highest BCUT2D eigenvalue weighted by atomic mass is 19.1. The van der Waals surface area contributed by atoms with Gasteiger partial charge in [-0.1, -0.05) is 18.2 Å². The first-order chi connectivity index (χ1) is 13.7. The number of hydrogen-bond acceptors (Lipinski definition) is 3. The van der Waals surface area contributed by atoms with E-state index in [0.29, 0.717) is 13.1 Å². The van der Waals surface area contributed by atoms with Crippen LogP contribution in [0.5, 0.6) is 0 Å². The highest BCUT2D eigenvalue weighted by Gasteiger charge is 2.20. The van der Waals surface area contributed by atoms with Crippen LogP contribution < -0.4 is 10.6 Å². The van der Waals surface area contributed by atoms with Crippen molar-refractivity contribution in [2.45, 2.75) is 19.4 Å². The van der Waals surface area contributed by atoms with Crippen molar-refractivity contribution in [3.05, 3.63) is 72.2 Å². The summed E-state index contributed by atoms with van der Waals surface area (Å²) in [5.41, 5.74) is 3.35. The summed E-state index contributed by atoms with van der Waals surface area (Å²) in [5.74, 6) is 0.406. The molecular formula is C22H23FN4O. The summed E-state index contributed by atoms with van der Waals surface area (Å²) >= 11 is 0. The summed E-state index contributed by atoms with van der Waals surface area (Å²) in [7, 11) is 0. The maximum absolute atomic E-state index is 13.3. The number of carbonyl (C=O) groups excluding carboxylic acids is 1. The minimum absolute atomic E-state index is 0.0434. The number of para-hydroxylation sites is 1. The fourth-order valence-corrected chi connectivity index (χ4v) is 3.07. The largest absolute Gasteiger partial charge is 0.351 e. The molecule has 1 aromatic heterocycles. The monoisotopic (exact) mass is 378 g/mol. The molecule has 0 unspecified atom stereocenters. The van der Waals surface area contributed by atoms with Crippen LogP contribution in [0.1, 0.15) is 18.4 Å². The third kappa shape index (κ3) is 4.64. The lowest BCUT2D eigenvalue weighted by Gasteiger charge is -2.07. The van der Waals surface area contributed by atoms with Gasteiger partial charge in [-0.15, -0.1) is 0 Å². The molecule has 1 saturated carbocycles. The second kappa shape index (κ2) is 8.35. The highest BCUT2D eigenvalue weighted by Crippen LogP contribution is 2.27. The molecule has 0 bridgehead atoms. The van der Waals surface area contributed by atoms with Crippen LogP contribution in [0, 0.1) is 11.7 Å². The van der Waals surface area contributed by atoms with Gasteiger partial charge >= 0.3 is 0 Å². The van der Waals surface area contributed by atoms with Gasteiger partial charge in [0.25, 0.3) is 0 Å². The predicted octanol–water partition coefficient (Wildman–Crippen LogP) is 3.29. The summed E-state index contributed by atoms with van der Waals surface area (Å²) in [4.78, 5) is 12.1. The van der Waals surface area contributed by atoms with E-state index in [9.17, 15) is 9.18 Å². The zero-order valence-corrected chi connectivity index (χ0v) is 15.6. The molecule has 28 heavy (non-hydrogen) atoms. The Morgan fingerprint density at radius 3 is 2.57 bits per heavy atom. The second-order valence-corrected chi connectivity index (χ2v) is 7.14. The summed E-state index contributed by atoms with van der Waals surface area (Å²) in [6.07, 6.45) is 4.43. The van der Waals surface area contributed by atoms with Crippen LogP contribution in [0.25, 0.3) is 16.9 Å². The molecule has 2 N–H and O–H groups in total. The standard InChI is InChI=1S/C22H23FN4O/c23-19-10-8-17(9-11-19)22-18(13-25-21(28)14-24-12-16-6-7-16)15-27(26-22)20-4-2-1-3-5-20/h1-5,8-11,15-16,24H,6-7,12-14H2,(H,25,28). The number of nitrogens with one attached hydrogen (secondary N) is 2. The minimum Gasteiger partial charge on any atom is -0.351 e. The predicted molar refractivity (Wildman–Crippen MR) is 106 cm³/mol. The molecule has 1 amide bonds. The molecule has 1 aliphatic carbocycles. The average molecular weight is 378 g/mol. The fourth-order valence-electron chi connectivity index (χ4n) is 3.07. The van der Waals surface area contributed by atoms with Crippen molar-refractivity contribution in [3.63, 3.8) is 0 Å². The average Bonchev–Trinajstić information content (AvgIpc) is 3.44. The third-order valence-electron chi connectivity index (χ3n) is 4.82. The lowest BCUT2D eigenvalue weighted by atomic mass is 10.1. The van der Waals surface area contributed by atoms with E-state index in [1.54, 1.807) is 16.8 Å². The van der Waals surface area contributed by atoms with Crippen molar-refractivity contribution in [1.82, 2.24) is 20.4 Å². The summed E-state index contributed by atoms with van der Waals surface area (Å²) < 4.78 is 15.1. The molecule has 4 rings (SSSR count). The Bertz CT molecular complexity index is 933. The summed E-state index contributed by atoms with van der Waals surface area (Å²) in [6.45, 7) is 1.58. The van der Waals surface area contributed by atoms with Gasteiger partial charge in [-0.05, 0) is 61.7 Å². The Balaban J connectivity index is 1.51. The van der Waals surface area contributed by atoms with E-state index in [0.717, 1.165) is 35.0 Å². The van der Waals surface area contributed by atoms with Crippen molar-refractivity contribution >= 4 is 5.91 Å². The molecule has 0 spiro atoms. The molecule has 0 atom stereocenters. The van der Waals surface area contributed by atoms with Gasteiger partial charge in [-0.25, -0.2) is 9.07 Å². The minimum atomic E-state index is -0.289. The number of halogens is 1.